The molecule has 10 nitrogen and oxygen atoms in total. The Labute approximate surface area is 172 Å². The SMILES string of the molecule is Cc1ccc(/C=N\Nc2nc3c(c(=O)[nH]c(=O)n3C)n2C[C@H](O)COC(C)C)cc1. The molecule has 0 aliphatic rings. The molecule has 0 amide bonds. The monoisotopic (exact) mass is 414 g/mol. The number of hydrazone groups is 1. The molecular weight excluding hydrogens is 388 g/mol. The first-order valence-electron chi connectivity index (χ1n) is 9.61. The van der Waals surface area contributed by atoms with Gasteiger partial charge in [0.15, 0.2) is 11.2 Å². The van der Waals surface area contributed by atoms with Crippen LogP contribution in [0.5, 0.6) is 0 Å². The smallest absolute Gasteiger partial charge is 0.329 e. The van der Waals surface area contributed by atoms with E-state index in [9.17, 15) is 14.7 Å². The molecule has 0 radical (unpaired) electrons. The van der Waals surface area contributed by atoms with Crippen LogP contribution in [0.15, 0.2) is 39.0 Å². The van der Waals surface area contributed by atoms with Gasteiger partial charge in [0, 0.05) is 7.05 Å². The van der Waals surface area contributed by atoms with E-state index < -0.39 is 17.4 Å². The molecule has 1 atom stereocenters. The minimum absolute atomic E-state index is 0.0346. The molecule has 10 heteroatoms. The number of aromatic amines is 1. The molecule has 2 heterocycles. The quantitative estimate of drug-likeness (QED) is 0.372. The van der Waals surface area contributed by atoms with Crippen LogP contribution in [0.2, 0.25) is 0 Å². The number of aliphatic hydroxyl groups excluding tert-OH is 1. The normalized spacial score (nSPS) is 12.9. The largest absolute Gasteiger partial charge is 0.389 e. The molecule has 160 valence electrons. The number of hydrogen-bond donors (Lipinski definition) is 3. The van der Waals surface area contributed by atoms with Crippen molar-refractivity contribution < 1.29 is 9.84 Å². The number of anilines is 1. The van der Waals surface area contributed by atoms with Crippen molar-refractivity contribution in [3.05, 3.63) is 56.2 Å². The summed E-state index contributed by atoms with van der Waals surface area (Å²) >= 11 is 0. The van der Waals surface area contributed by atoms with E-state index in [2.05, 4.69) is 20.5 Å². The molecule has 0 fully saturated rings. The Morgan fingerprint density at radius 1 is 1.30 bits per heavy atom. The van der Waals surface area contributed by atoms with Gasteiger partial charge in [-0.3, -0.25) is 14.3 Å². The van der Waals surface area contributed by atoms with Crippen LogP contribution < -0.4 is 16.7 Å². The minimum atomic E-state index is -0.886. The molecule has 3 N–H and O–H groups in total. The Balaban J connectivity index is 1.96. The number of aryl methyl sites for hydroxylation is 2. The number of ether oxygens (including phenoxy) is 1. The molecule has 1 aromatic carbocycles. The Kier molecular flexibility index (Phi) is 6.48. The molecule has 0 bridgehead atoms. The van der Waals surface area contributed by atoms with Crippen molar-refractivity contribution in [2.75, 3.05) is 12.0 Å². The van der Waals surface area contributed by atoms with Crippen molar-refractivity contribution >= 4 is 23.3 Å². The fourth-order valence-electron chi connectivity index (χ4n) is 2.88. The van der Waals surface area contributed by atoms with E-state index >= 15 is 0 Å². The summed E-state index contributed by atoms with van der Waals surface area (Å²) in [5.74, 6) is 0.226. The lowest BCUT2D eigenvalue weighted by Gasteiger charge is -2.15. The number of fused-ring (bicyclic) bond motifs is 1. The third-order valence-electron chi connectivity index (χ3n) is 4.48. The lowest BCUT2D eigenvalue weighted by atomic mass is 10.2. The predicted octanol–water partition coefficient (Wildman–Crippen LogP) is 0.964. The van der Waals surface area contributed by atoms with Gasteiger partial charge in [0.25, 0.3) is 5.56 Å². The Morgan fingerprint density at radius 3 is 2.67 bits per heavy atom. The fraction of sp³-hybridized carbons (Fsp3) is 0.400. The summed E-state index contributed by atoms with van der Waals surface area (Å²) in [4.78, 5) is 31.0. The second kappa shape index (κ2) is 9.06. The molecular formula is C20H26N6O4. The number of aliphatic hydroxyl groups is 1. The van der Waals surface area contributed by atoms with Gasteiger partial charge in [0.2, 0.25) is 5.95 Å². The number of hydrogen-bond acceptors (Lipinski definition) is 7. The van der Waals surface area contributed by atoms with Gasteiger partial charge in [-0.15, -0.1) is 0 Å². The van der Waals surface area contributed by atoms with Crippen LogP contribution >= 0.6 is 0 Å². The van der Waals surface area contributed by atoms with E-state index in [1.165, 1.54) is 16.2 Å². The highest BCUT2D eigenvalue weighted by molar-refractivity contribution is 5.80. The van der Waals surface area contributed by atoms with E-state index in [1.807, 2.05) is 45.0 Å². The summed E-state index contributed by atoms with van der Waals surface area (Å²) in [5.41, 5.74) is 4.02. The van der Waals surface area contributed by atoms with Crippen molar-refractivity contribution in [2.24, 2.45) is 12.1 Å². The van der Waals surface area contributed by atoms with Gasteiger partial charge in [-0.25, -0.2) is 10.2 Å². The van der Waals surface area contributed by atoms with Crippen LogP contribution in [-0.4, -0.2) is 49.2 Å². The first-order chi connectivity index (χ1) is 14.3. The van der Waals surface area contributed by atoms with Crippen LogP contribution in [0.25, 0.3) is 11.2 Å². The highest BCUT2D eigenvalue weighted by Gasteiger charge is 2.19. The van der Waals surface area contributed by atoms with Gasteiger partial charge in [-0.2, -0.15) is 10.1 Å². The van der Waals surface area contributed by atoms with Crippen molar-refractivity contribution in [1.82, 2.24) is 19.1 Å². The Hall–Kier alpha value is -3.24. The standard InChI is InChI=1S/C20H26N6O4/c1-12(2)30-11-15(27)10-26-16-17(25(4)20(29)23-18(16)28)22-19(26)24-21-9-14-7-5-13(3)6-8-14/h5-9,12,15,27H,10-11H2,1-4H3,(H,22,24)(H,23,28,29)/b21-9-/t15-/m0/s1. The maximum Gasteiger partial charge on any atom is 0.329 e. The van der Waals surface area contributed by atoms with Gasteiger partial charge >= 0.3 is 5.69 Å². The molecule has 0 aliphatic carbocycles. The number of nitrogens with zero attached hydrogens (tertiary/aromatic N) is 4. The van der Waals surface area contributed by atoms with Crippen LogP contribution in [0.4, 0.5) is 5.95 Å². The van der Waals surface area contributed by atoms with Gasteiger partial charge in [-0.05, 0) is 26.3 Å². The molecule has 0 spiro atoms. The summed E-state index contributed by atoms with van der Waals surface area (Å²) in [7, 11) is 1.51. The average Bonchev–Trinajstić information content (AvgIpc) is 3.05. The van der Waals surface area contributed by atoms with Gasteiger partial charge in [0.05, 0.1) is 31.6 Å². The number of aromatic nitrogens is 4. The molecule has 0 unspecified atom stereocenters. The summed E-state index contributed by atoms with van der Waals surface area (Å²) in [6.07, 6.45) is 0.688. The van der Waals surface area contributed by atoms with E-state index in [-0.39, 0.29) is 36.4 Å². The maximum atomic E-state index is 12.5. The summed E-state index contributed by atoms with van der Waals surface area (Å²) in [5, 5.41) is 14.6. The average molecular weight is 414 g/mol. The molecule has 30 heavy (non-hydrogen) atoms. The van der Waals surface area contributed by atoms with Gasteiger partial charge in [-0.1, -0.05) is 29.8 Å². The van der Waals surface area contributed by atoms with Crippen molar-refractivity contribution in [3.63, 3.8) is 0 Å². The van der Waals surface area contributed by atoms with Crippen LogP contribution in [0.1, 0.15) is 25.0 Å². The van der Waals surface area contributed by atoms with Crippen LogP contribution in [0.3, 0.4) is 0 Å². The zero-order valence-corrected chi connectivity index (χ0v) is 17.4. The van der Waals surface area contributed by atoms with Crippen molar-refractivity contribution in [3.8, 4) is 0 Å². The van der Waals surface area contributed by atoms with Crippen LogP contribution in [-0.2, 0) is 18.3 Å². The number of H-pyrrole nitrogens is 1. The maximum absolute atomic E-state index is 12.5. The topological polar surface area (TPSA) is 127 Å². The highest BCUT2D eigenvalue weighted by Crippen LogP contribution is 2.16. The Morgan fingerprint density at radius 2 is 2.00 bits per heavy atom. The van der Waals surface area contributed by atoms with Crippen molar-refractivity contribution in [1.29, 1.82) is 0 Å². The summed E-state index contributed by atoms with van der Waals surface area (Å²) in [6, 6.07) is 7.78. The fourth-order valence-corrected chi connectivity index (χ4v) is 2.88. The molecule has 3 aromatic rings. The molecule has 0 saturated heterocycles. The molecule has 0 aliphatic heterocycles. The second-order valence-corrected chi connectivity index (χ2v) is 7.35. The minimum Gasteiger partial charge on any atom is -0.389 e. The zero-order valence-electron chi connectivity index (χ0n) is 17.4. The first kappa shape index (κ1) is 21.5. The highest BCUT2D eigenvalue weighted by atomic mass is 16.5. The summed E-state index contributed by atoms with van der Waals surface area (Å²) < 4.78 is 8.18. The number of imidazole rings is 1. The third-order valence-corrected chi connectivity index (χ3v) is 4.48. The molecule has 2 aromatic heterocycles. The molecule has 3 rings (SSSR count). The van der Waals surface area contributed by atoms with E-state index in [0.29, 0.717) is 0 Å². The van der Waals surface area contributed by atoms with Gasteiger partial charge in [0.1, 0.15) is 0 Å². The Bertz CT molecular complexity index is 1160. The predicted molar refractivity (Wildman–Crippen MR) is 115 cm³/mol. The zero-order chi connectivity index (χ0) is 21.8. The van der Waals surface area contributed by atoms with Crippen LogP contribution in [0, 0.1) is 6.92 Å². The lowest BCUT2D eigenvalue weighted by molar-refractivity contribution is -0.000105. The number of rotatable bonds is 8. The first-order valence-corrected chi connectivity index (χ1v) is 9.61. The lowest BCUT2D eigenvalue weighted by Crippen LogP contribution is -2.30. The van der Waals surface area contributed by atoms with E-state index in [1.54, 1.807) is 6.21 Å². The number of nitrogens with one attached hydrogen (secondary N) is 2. The third kappa shape index (κ3) is 4.84. The second-order valence-electron chi connectivity index (χ2n) is 7.35. The van der Waals surface area contributed by atoms with E-state index in [0.717, 1.165) is 11.1 Å². The summed E-state index contributed by atoms with van der Waals surface area (Å²) in [6.45, 7) is 5.86. The van der Waals surface area contributed by atoms with E-state index in [4.69, 9.17) is 4.74 Å². The molecule has 0 saturated carbocycles. The van der Waals surface area contributed by atoms with Crippen molar-refractivity contribution in [2.45, 2.75) is 39.5 Å². The van der Waals surface area contributed by atoms with Gasteiger partial charge < -0.3 is 14.4 Å². The number of benzene rings is 1.